The third kappa shape index (κ3) is 4.10. The second kappa shape index (κ2) is 6.66. The Morgan fingerprint density at radius 1 is 1.39 bits per heavy atom. The second-order valence-electron chi connectivity index (χ2n) is 3.25. The number of aromatic carboxylic acids is 1. The van der Waals surface area contributed by atoms with Crippen LogP contribution in [-0.2, 0) is 4.74 Å². The van der Waals surface area contributed by atoms with E-state index in [4.69, 9.17) is 16.7 Å². The van der Waals surface area contributed by atoms with Crippen LogP contribution in [0.4, 0.5) is 4.79 Å². The zero-order valence-electron chi connectivity index (χ0n) is 9.64. The lowest BCUT2D eigenvalue weighted by molar-refractivity contribution is 0.0691. The maximum Gasteiger partial charge on any atom is 0.403 e. The van der Waals surface area contributed by atoms with Gasteiger partial charge in [-0.15, -0.1) is 0 Å². The summed E-state index contributed by atoms with van der Waals surface area (Å²) in [7, 11) is 0. The highest BCUT2D eigenvalue weighted by Crippen LogP contribution is 2.13. The number of aromatic amines is 1. The molecule has 0 aliphatic heterocycles. The Labute approximate surface area is 108 Å². The molecule has 0 saturated heterocycles. The minimum atomic E-state index is -0.925. The number of benzene rings is 1. The highest BCUT2D eigenvalue weighted by Gasteiger charge is 2.05. The zero-order valence-corrected chi connectivity index (χ0v) is 10.4. The van der Waals surface area contributed by atoms with Crippen molar-refractivity contribution in [2.45, 2.75) is 6.92 Å². The van der Waals surface area contributed by atoms with E-state index in [9.17, 15) is 9.59 Å². The third-order valence-electron chi connectivity index (χ3n) is 2.02. The summed E-state index contributed by atoms with van der Waals surface area (Å²) < 4.78 is 4.17. The first-order valence-corrected chi connectivity index (χ1v) is 5.55. The molecule has 2 aromatic rings. The molecule has 0 saturated carbocycles. The number of H-pyrrole nitrogens is 1. The average Bonchev–Trinajstić information content (AvgIpc) is 2.73. The maximum absolute atomic E-state index is 10.5. The lowest BCUT2D eigenvalue weighted by atomic mass is 10.2. The van der Waals surface area contributed by atoms with Gasteiger partial charge < -0.3 is 14.8 Å². The number of fused-ring (bicyclic) bond motifs is 1. The minimum absolute atomic E-state index is 0.233. The molecule has 0 aliphatic rings. The van der Waals surface area contributed by atoms with Gasteiger partial charge in [0.15, 0.2) is 0 Å². The molecule has 0 spiro atoms. The molecule has 1 heterocycles. The number of ether oxygens (including phenoxy) is 1. The molecule has 1 aromatic heterocycles. The molecule has 0 amide bonds. The topological polar surface area (TPSA) is 79.4 Å². The van der Waals surface area contributed by atoms with Crippen LogP contribution in [-0.4, -0.2) is 28.1 Å². The fourth-order valence-electron chi connectivity index (χ4n) is 1.30. The van der Waals surface area contributed by atoms with Gasteiger partial charge in [0.2, 0.25) is 0 Å². The number of nitrogens with one attached hydrogen (secondary N) is 1. The Balaban J connectivity index is 0.000000232. The van der Waals surface area contributed by atoms with Crippen molar-refractivity contribution in [2.75, 3.05) is 6.61 Å². The van der Waals surface area contributed by atoms with Gasteiger partial charge in [-0.3, -0.25) is 0 Å². The molecule has 0 bridgehead atoms. The average molecular weight is 270 g/mol. The number of rotatable bonds is 2. The predicted octanol–water partition coefficient (Wildman–Crippen LogP) is 3.25. The van der Waals surface area contributed by atoms with Crippen LogP contribution in [0.15, 0.2) is 30.3 Å². The fourth-order valence-corrected chi connectivity index (χ4v) is 1.41. The number of carbonyl (C=O) groups is 2. The normalized spacial score (nSPS) is 9.44. The van der Waals surface area contributed by atoms with Gasteiger partial charge in [0, 0.05) is 22.5 Å². The van der Waals surface area contributed by atoms with Gasteiger partial charge in [-0.05, 0) is 19.1 Å². The first-order valence-electron chi connectivity index (χ1n) is 5.18. The Hall–Kier alpha value is -2.01. The van der Waals surface area contributed by atoms with Crippen molar-refractivity contribution in [3.05, 3.63) is 36.0 Å². The Morgan fingerprint density at radius 2 is 2.06 bits per heavy atom. The van der Waals surface area contributed by atoms with Gasteiger partial charge in [0.05, 0.1) is 6.61 Å². The fraction of sp³-hybridized carbons (Fsp3) is 0.167. The second-order valence-corrected chi connectivity index (χ2v) is 3.55. The van der Waals surface area contributed by atoms with E-state index in [2.05, 4.69) is 9.72 Å². The van der Waals surface area contributed by atoms with Crippen molar-refractivity contribution in [1.29, 1.82) is 0 Å². The quantitative estimate of drug-likeness (QED) is 0.820. The van der Waals surface area contributed by atoms with E-state index in [1.54, 1.807) is 13.0 Å². The van der Waals surface area contributed by atoms with E-state index in [1.165, 1.54) is 0 Å². The van der Waals surface area contributed by atoms with E-state index in [0.717, 1.165) is 10.9 Å². The van der Waals surface area contributed by atoms with E-state index < -0.39 is 11.4 Å². The van der Waals surface area contributed by atoms with Crippen LogP contribution in [0.1, 0.15) is 17.4 Å². The molecular formula is C12H12ClNO4. The number of carbonyl (C=O) groups excluding carboxylic acids is 1. The van der Waals surface area contributed by atoms with Gasteiger partial charge >= 0.3 is 11.4 Å². The lowest BCUT2D eigenvalue weighted by Gasteiger charge is -1.86. The van der Waals surface area contributed by atoms with Crippen molar-refractivity contribution < 1.29 is 19.4 Å². The SMILES string of the molecule is CCOC(=O)Cl.O=C(O)c1cc2ccccc2[nH]1. The van der Waals surface area contributed by atoms with Crippen molar-refractivity contribution in [3.8, 4) is 0 Å². The summed E-state index contributed by atoms with van der Waals surface area (Å²) in [4.78, 5) is 22.9. The summed E-state index contributed by atoms with van der Waals surface area (Å²) in [5.41, 5.74) is 0.351. The smallest absolute Gasteiger partial charge is 0.403 e. The zero-order chi connectivity index (χ0) is 13.5. The molecule has 6 heteroatoms. The summed E-state index contributed by atoms with van der Waals surface area (Å²) >= 11 is 4.72. The van der Waals surface area contributed by atoms with Crippen LogP contribution in [0.3, 0.4) is 0 Å². The van der Waals surface area contributed by atoms with Crippen LogP contribution in [0.2, 0.25) is 0 Å². The van der Waals surface area contributed by atoms with E-state index in [0.29, 0.717) is 6.61 Å². The molecular weight excluding hydrogens is 258 g/mol. The first-order chi connectivity index (χ1) is 8.54. The number of carboxylic acids is 1. The summed E-state index contributed by atoms with van der Waals surface area (Å²) in [6, 6.07) is 9.09. The molecule has 2 N–H and O–H groups in total. The van der Waals surface area contributed by atoms with Crippen LogP contribution in [0, 0.1) is 0 Å². The van der Waals surface area contributed by atoms with Gasteiger partial charge in [-0.25, -0.2) is 9.59 Å². The standard InChI is InChI=1S/C9H7NO2.C3H5ClO2/c11-9(12)8-5-6-3-1-2-4-7(6)10-8;1-2-6-3(4)5/h1-5,10H,(H,11,12);2H2,1H3. The number of hydrogen-bond acceptors (Lipinski definition) is 3. The number of hydrogen-bond donors (Lipinski definition) is 2. The van der Waals surface area contributed by atoms with E-state index >= 15 is 0 Å². The number of para-hydroxylation sites is 1. The highest BCUT2D eigenvalue weighted by molar-refractivity contribution is 6.61. The molecule has 0 radical (unpaired) electrons. The van der Waals surface area contributed by atoms with Gasteiger partial charge in [0.1, 0.15) is 5.69 Å². The summed E-state index contributed by atoms with van der Waals surface area (Å²) in [6.07, 6.45) is 0. The molecule has 0 unspecified atom stereocenters. The van der Waals surface area contributed by atoms with Crippen LogP contribution in [0.25, 0.3) is 10.9 Å². The molecule has 0 aliphatic carbocycles. The number of carboxylic acid groups (broad SMARTS) is 1. The largest absolute Gasteiger partial charge is 0.477 e. The monoisotopic (exact) mass is 269 g/mol. The van der Waals surface area contributed by atoms with Crippen molar-refractivity contribution in [2.24, 2.45) is 0 Å². The molecule has 18 heavy (non-hydrogen) atoms. The first kappa shape index (κ1) is 14.1. The van der Waals surface area contributed by atoms with Crippen molar-refractivity contribution >= 4 is 33.9 Å². The van der Waals surface area contributed by atoms with Gasteiger partial charge in [0.25, 0.3) is 0 Å². The molecule has 96 valence electrons. The predicted molar refractivity (Wildman–Crippen MR) is 68.1 cm³/mol. The van der Waals surface area contributed by atoms with Gasteiger partial charge in [-0.1, -0.05) is 18.2 Å². The molecule has 2 rings (SSSR count). The highest BCUT2D eigenvalue weighted by atomic mass is 35.5. The molecule has 1 aromatic carbocycles. The molecule has 0 fully saturated rings. The Bertz CT molecular complexity index is 517. The third-order valence-corrected chi connectivity index (χ3v) is 2.13. The van der Waals surface area contributed by atoms with Crippen LogP contribution >= 0.6 is 11.6 Å². The Morgan fingerprint density at radius 3 is 2.50 bits per heavy atom. The number of halogens is 1. The van der Waals surface area contributed by atoms with E-state index in [-0.39, 0.29) is 5.69 Å². The van der Waals surface area contributed by atoms with Gasteiger partial charge in [-0.2, -0.15) is 0 Å². The minimum Gasteiger partial charge on any atom is -0.477 e. The number of aromatic nitrogens is 1. The van der Waals surface area contributed by atoms with E-state index in [1.807, 2.05) is 24.3 Å². The maximum atomic E-state index is 10.5. The Kier molecular flexibility index (Phi) is 5.20. The molecule has 5 nitrogen and oxygen atoms in total. The lowest BCUT2D eigenvalue weighted by Crippen LogP contribution is -1.94. The van der Waals surface area contributed by atoms with Crippen molar-refractivity contribution in [1.82, 2.24) is 4.98 Å². The van der Waals surface area contributed by atoms with Crippen LogP contribution < -0.4 is 0 Å². The van der Waals surface area contributed by atoms with Crippen LogP contribution in [0.5, 0.6) is 0 Å². The van der Waals surface area contributed by atoms with Crippen molar-refractivity contribution in [3.63, 3.8) is 0 Å². The summed E-state index contributed by atoms with van der Waals surface area (Å²) in [5, 5.41) is 9.58. The summed E-state index contributed by atoms with van der Waals surface area (Å²) in [6.45, 7) is 2.04. The molecule has 0 atom stereocenters. The summed E-state index contributed by atoms with van der Waals surface area (Å²) in [5.74, 6) is -0.925.